The number of nitrogens with one attached hydrogen (secondary N) is 1. The lowest BCUT2D eigenvalue weighted by molar-refractivity contribution is 0.156. The number of nitrogens with zero attached hydrogens (tertiary/aromatic N) is 1. The summed E-state index contributed by atoms with van der Waals surface area (Å²) in [6.45, 7) is 7.44. The summed E-state index contributed by atoms with van der Waals surface area (Å²) in [4.78, 5) is 7.20. The van der Waals surface area contributed by atoms with Gasteiger partial charge in [0.2, 0.25) is 0 Å². The van der Waals surface area contributed by atoms with E-state index in [0.29, 0.717) is 6.42 Å². The molecule has 0 spiro atoms. The summed E-state index contributed by atoms with van der Waals surface area (Å²) in [5.74, 6) is 0.120. The largest absolute Gasteiger partial charge is 0.387 e. The highest BCUT2D eigenvalue weighted by atomic mass is 16.3. The Balaban J connectivity index is 2.21. The van der Waals surface area contributed by atoms with Crippen molar-refractivity contribution in [2.24, 2.45) is 5.92 Å². The number of pyridine rings is 1. The summed E-state index contributed by atoms with van der Waals surface area (Å²) in [6, 6.07) is 3.87. The molecule has 2 aromatic heterocycles. The van der Waals surface area contributed by atoms with Gasteiger partial charge in [-0.2, -0.15) is 0 Å². The maximum atomic E-state index is 10.1. The predicted molar refractivity (Wildman–Crippen MR) is 69.6 cm³/mol. The number of H-pyrrole nitrogens is 1. The van der Waals surface area contributed by atoms with Crippen molar-refractivity contribution in [3.05, 3.63) is 55.5 Å². The monoisotopic (exact) mass is 228 g/mol. The van der Waals surface area contributed by atoms with Gasteiger partial charge in [0.25, 0.3) is 0 Å². The molecule has 2 aromatic rings. The van der Waals surface area contributed by atoms with Gasteiger partial charge in [-0.1, -0.05) is 12.2 Å². The van der Waals surface area contributed by atoms with Crippen LogP contribution in [0.4, 0.5) is 0 Å². The van der Waals surface area contributed by atoms with Gasteiger partial charge >= 0.3 is 0 Å². The Morgan fingerprint density at radius 1 is 1.41 bits per heavy atom. The zero-order valence-electron chi connectivity index (χ0n) is 9.63. The van der Waals surface area contributed by atoms with E-state index in [0.717, 1.165) is 16.6 Å². The van der Waals surface area contributed by atoms with Crippen LogP contribution in [0.2, 0.25) is 0 Å². The standard InChI is InChI=1S/C14H16N2O/c1-3-10(4-2)7-14(17)12-8-11-5-6-15-9-13(11)16-12/h3-6,8-10,14,16-17H,1-2,7H2. The molecule has 3 nitrogen and oxygen atoms in total. The predicted octanol–water partition coefficient (Wildman–Crippen LogP) is 2.97. The first-order valence-corrected chi connectivity index (χ1v) is 5.60. The van der Waals surface area contributed by atoms with Crippen LogP contribution in [0, 0.1) is 5.92 Å². The van der Waals surface area contributed by atoms with Gasteiger partial charge in [0.15, 0.2) is 0 Å². The molecule has 0 aromatic carbocycles. The summed E-state index contributed by atoms with van der Waals surface area (Å²) in [5.41, 5.74) is 1.75. The van der Waals surface area contributed by atoms with Gasteiger partial charge in [0.1, 0.15) is 0 Å². The Kier molecular flexibility index (Phi) is 3.40. The molecule has 2 rings (SSSR count). The van der Waals surface area contributed by atoms with E-state index in [9.17, 15) is 5.11 Å². The van der Waals surface area contributed by atoms with Crippen LogP contribution in [-0.2, 0) is 0 Å². The van der Waals surface area contributed by atoms with E-state index in [1.54, 1.807) is 24.5 Å². The van der Waals surface area contributed by atoms with E-state index in [4.69, 9.17) is 0 Å². The van der Waals surface area contributed by atoms with Gasteiger partial charge < -0.3 is 10.1 Å². The number of hydrogen-bond acceptors (Lipinski definition) is 2. The number of aromatic nitrogens is 2. The highest BCUT2D eigenvalue weighted by molar-refractivity contribution is 5.79. The molecule has 1 unspecified atom stereocenters. The third kappa shape index (κ3) is 2.45. The molecule has 0 saturated carbocycles. The summed E-state index contributed by atoms with van der Waals surface area (Å²) < 4.78 is 0. The molecular formula is C14H16N2O. The minimum Gasteiger partial charge on any atom is -0.387 e. The Hall–Kier alpha value is -1.87. The van der Waals surface area contributed by atoms with Crippen molar-refractivity contribution < 1.29 is 5.11 Å². The molecule has 0 fully saturated rings. The topological polar surface area (TPSA) is 48.9 Å². The van der Waals surface area contributed by atoms with Gasteiger partial charge in [-0.05, 0) is 24.5 Å². The average molecular weight is 228 g/mol. The minimum absolute atomic E-state index is 0.120. The molecule has 2 heterocycles. The van der Waals surface area contributed by atoms with Crippen LogP contribution in [0.3, 0.4) is 0 Å². The first kappa shape index (κ1) is 11.6. The van der Waals surface area contributed by atoms with Gasteiger partial charge in [-0.3, -0.25) is 4.98 Å². The summed E-state index contributed by atoms with van der Waals surface area (Å²) in [6.07, 6.45) is 7.13. The van der Waals surface area contributed by atoms with E-state index in [1.807, 2.05) is 12.1 Å². The Morgan fingerprint density at radius 2 is 2.18 bits per heavy atom. The fourth-order valence-corrected chi connectivity index (χ4v) is 1.85. The molecule has 3 heteroatoms. The molecule has 88 valence electrons. The number of hydrogen-bond donors (Lipinski definition) is 2. The van der Waals surface area contributed by atoms with E-state index in [1.165, 1.54) is 0 Å². The molecular weight excluding hydrogens is 212 g/mol. The number of fused-ring (bicyclic) bond motifs is 1. The Morgan fingerprint density at radius 3 is 2.82 bits per heavy atom. The van der Waals surface area contributed by atoms with Crippen molar-refractivity contribution in [3.8, 4) is 0 Å². The molecule has 0 aliphatic rings. The van der Waals surface area contributed by atoms with Crippen LogP contribution in [0.1, 0.15) is 18.2 Å². The van der Waals surface area contributed by atoms with E-state index >= 15 is 0 Å². The number of aromatic amines is 1. The molecule has 0 radical (unpaired) electrons. The smallest absolute Gasteiger partial charge is 0.0946 e. The second-order valence-electron chi connectivity index (χ2n) is 4.07. The van der Waals surface area contributed by atoms with Crippen molar-refractivity contribution in [2.45, 2.75) is 12.5 Å². The molecule has 0 aliphatic carbocycles. The lowest BCUT2D eigenvalue weighted by Crippen LogP contribution is -2.03. The summed E-state index contributed by atoms with van der Waals surface area (Å²) in [7, 11) is 0. The fraction of sp³-hybridized carbons (Fsp3) is 0.214. The second kappa shape index (κ2) is 4.97. The lowest BCUT2D eigenvalue weighted by Gasteiger charge is -2.12. The zero-order chi connectivity index (χ0) is 12.3. The SMILES string of the molecule is C=CC(C=C)CC(O)c1cc2ccncc2[nH]1. The van der Waals surface area contributed by atoms with Crippen LogP contribution in [0.15, 0.2) is 49.8 Å². The lowest BCUT2D eigenvalue weighted by atomic mass is 10.00. The highest BCUT2D eigenvalue weighted by Crippen LogP contribution is 2.24. The maximum Gasteiger partial charge on any atom is 0.0946 e. The van der Waals surface area contributed by atoms with Crippen LogP contribution < -0.4 is 0 Å². The van der Waals surface area contributed by atoms with Gasteiger partial charge in [0, 0.05) is 17.3 Å². The third-order valence-corrected chi connectivity index (χ3v) is 2.90. The minimum atomic E-state index is -0.539. The van der Waals surface area contributed by atoms with Crippen LogP contribution in [-0.4, -0.2) is 15.1 Å². The molecule has 0 aliphatic heterocycles. The highest BCUT2D eigenvalue weighted by Gasteiger charge is 2.13. The quantitative estimate of drug-likeness (QED) is 0.773. The number of allylic oxidation sites excluding steroid dienone is 2. The number of aliphatic hydroxyl groups is 1. The molecule has 1 atom stereocenters. The first-order chi connectivity index (χ1) is 8.24. The van der Waals surface area contributed by atoms with Crippen molar-refractivity contribution >= 4 is 10.9 Å². The van der Waals surface area contributed by atoms with Gasteiger partial charge in [-0.15, -0.1) is 13.2 Å². The van der Waals surface area contributed by atoms with Crippen molar-refractivity contribution in [1.82, 2.24) is 9.97 Å². The molecule has 2 N–H and O–H groups in total. The van der Waals surface area contributed by atoms with Crippen LogP contribution in [0.5, 0.6) is 0 Å². The molecule has 0 saturated heterocycles. The zero-order valence-corrected chi connectivity index (χ0v) is 9.63. The van der Waals surface area contributed by atoms with Crippen molar-refractivity contribution in [1.29, 1.82) is 0 Å². The Labute approximate surface area is 101 Å². The average Bonchev–Trinajstić information content (AvgIpc) is 2.79. The van der Waals surface area contributed by atoms with Gasteiger partial charge in [0.05, 0.1) is 17.8 Å². The summed E-state index contributed by atoms with van der Waals surface area (Å²) in [5, 5.41) is 11.2. The van der Waals surface area contributed by atoms with E-state index in [-0.39, 0.29) is 5.92 Å². The van der Waals surface area contributed by atoms with E-state index in [2.05, 4.69) is 23.1 Å². The van der Waals surface area contributed by atoms with Crippen molar-refractivity contribution in [2.75, 3.05) is 0 Å². The normalized spacial score (nSPS) is 12.8. The molecule has 17 heavy (non-hydrogen) atoms. The fourth-order valence-electron chi connectivity index (χ4n) is 1.85. The van der Waals surface area contributed by atoms with E-state index < -0.39 is 6.10 Å². The molecule has 0 amide bonds. The second-order valence-corrected chi connectivity index (χ2v) is 4.07. The third-order valence-electron chi connectivity index (χ3n) is 2.90. The van der Waals surface area contributed by atoms with Gasteiger partial charge in [-0.25, -0.2) is 0 Å². The number of rotatable bonds is 5. The van der Waals surface area contributed by atoms with Crippen LogP contribution in [0.25, 0.3) is 10.9 Å². The Bertz CT molecular complexity index is 489. The first-order valence-electron chi connectivity index (χ1n) is 5.60. The van der Waals surface area contributed by atoms with Crippen LogP contribution >= 0.6 is 0 Å². The van der Waals surface area contributed by atoms with Crippen molar-refractivity contribution in [3.63, 3.8) is 0 Å². The maximum absolute atomic E-state index is 10.1. The summed E-state index contributed by atoms with van der Waals surface area (Å²) >= 11 is 0. The number of aliphatic hydroxyl groups excluding tert-OH is 1. The molecule has 0 bridgehead atoms.